The van der Waals surface area contributed by atoms with E-state index in [1.165, 1.54) is 7.11 Å². The van der Waals surface area contributed by atoms with Crippen LogP contribution < -0.4 is 4.74 Å². The zero-order valence-corrected chi connectivity index (χ0v) is 8.76. The summed E-state index contributed by atoms with van der Waals surface area (Å²) in [6.07, 6.45) is -0.0453. The molecule has 0 fully saturated rings. The van der Waals surface area contributed by atoms with Crippen LogP contribution in [-0.2, 0) is 11.2 Å². The van der Waals surface area contributed by atoms with Gasteiger partial charge in [-0.05, 0) is 24.6 Å². The van der Waals surface area contributed by atoms with Crippen molar-refractivity contribution < 1.29 is 14.6 Å². The Morgan fingerprint density at radius 2 is 2.21 bits per heavy atom. The first kappa shape index (κ1) is 10.9. The van der Waals surface area contributed by atoms with Crippen molar-refractivity contribution in [2.75, 3.05) is 7.11 Å². The quantitative estimate of drug-likeness (QED) is 0.840. The van der Waals surface area contributed by atoms with E-state index in [1.807, 2.05) is 6.92 Å². The molecule has 1 aromatic rings. The predicted octanol–water partition coefficient (Wildman–Crippen LogP) is 2.28. The molecule has 0 unspecified atom stereocenters. The van der Waals surface area contributed by atoms with Crippen LogP contribution in [0, 0.1) is 6.92 Å². The molecule has 0 heterocycles. The molecule has 1 rings (SSSR count). The number of ether oxygens (including phenoxy) is 1. The largest absolute Gasteiger partial charge is 0.496 e. The van der Waals surface area contributed by atoms with Gasteiger partial charge in [0.2, 0.25) is 0 Å². The van der Waals surface area contributed by atoms with Crippen molar-refractivity contribution in [2.45, 2.75) is 13.3 Å². The topological polar surface area (TPSA) is 46.5 Å². The second-order valence-electron chi connectivity index (χ2n) is 2.98. The molecular formula is C10H11ClO3. The number of halogens is 1. The number of benzene rings is 1. The highest BCUT2D eigenvalue weighted by Gasteiger charge is 2.08. The molecule has 0 atom stereocenters. The molecule has 0 radical (unpaired) electrons. The molecule has 0 aliphatic rings. The molecule has 14 heavy (non-hydrogen) atoms. The van der Waals surface area contributed by atoms with Gasteiger partial charge in [0.25, 0.3) is 0 Å². The molecule has 0 saturated carbocycles. The summed E-state index contributed by atoms with van der Waals surface area (Å²) in [5, 5.41) is 9.14. The first-order valence-electron chi connectivity index (χ1n) is 4.09. The third kappa shape index (κ3) is 2.39. The van der Waals surface area contributed by atoms with Gasteiger partial charge < -0.3 is 9.84 Å². The number of aliphatic carboxylic acids is 1. The molecule has 0 aromatic heterocycles. The molecule has 4 heteroatoms. The highest BCUT2D eigenvalue weighted by Crippen LogP contribution is 2.27. The van der Waals surface area contributed by atoms with Gasteiger partial charge in [-0.2, -0.15) is 0 Å². The van der Waals surface area contributed by atoms with Crippen molar-refractivity contribution >= 4 is 17.6 Å². The van der Waals surface area contributed by atoms with E-state index in [1.54, 1.807) is 12.1 Å². The molecule has 0 amide bonds. The maximum Gasteiger partial charge on any atom is 0.307 e. The Labute approximate surface area is 87.3 Å². The van der Waals surface area contributed by atoms with Gasteiger partial charge in [0.1, 0.15) is 5.75 Å². The first-order valence-corrected chi connectivity index (χ1v) is 4.47. The molecule has 76 valence electrons. The van der Waals surface area contributed by atoms with E-state index in [9.17, 15) is 4.79 Å². The molecular weight excluding hydrogens is 204 g/mol. The van der Waals surface area contributed by atoms with Crippen molar-refractivity contribution in [3.8, 4) is 5.75 Å². The van der Waals surface area contributed by atoms with Crippen molar-refractivity contribution in [3.63, 3.8) is 0 Å². The number of carboxylic acids is 1. The lowest BCUT2D eigenvalue weighted by atomic mass is 10.1. The van der Waals surface area contributed by atoms with Crippen LogP contribution in [0.2, 0.25) is 5.02 Å². The van der Waals surface area contributed by atoms with E-state index in [2.05, 4.69) is 0 Å². The molecule has 0 spiro atoms. The van der Waals surface area contributed by atoms with Crippen LogP contribution in [0.3, 0.4) is 0 Å². The van der Waals surface area contributed by atoms with Gasteiger partial charge in [0.15, 0.2) is 0 Å². The Morgan fingerprint density at radius 3 is 2.71 bits per heavy atom. The summed E-state index contributed by atoms with van der Waals surface area (Å²) in [7, 11) is 1.53. The van der Waals surface area contributed by atoms with Gasteiger partial charge in [-0.1, -0.05) is 11.6 Å². The Balaban J connectivity index is 3.09. The average Bonchev–Trinajstić information content (AvgIpc) is 2.10. The van der Waals surface area contributed by atoms with E-state index in [4.69, 9.17) is 21.4 Å². The molecule has 0 saturated heterocycles. The lowest BCUT2D eigenvalue weighted by Crippen LogP contribution is -2.01. The lowest BCUT2D eigenvalue weighted by Gasteiger charge is -2.08. The van der Waals surface area contributed by atoms with Gasteiger partial charge in [0.05, 0.1) is 13.5 Å². The number of hydrogen-bond acceptors (Lipinski definition) is 2. The van der Waals surface area contributed by atoms with E-state index in [0.717, 1.165) is 5.56 Å². The summed E-state index contributed by atoms with van der Waals surface area (Å²) in [4.78, 5) is 10.5. The Morgan fingerprint density at radius 1 is 1.57 bits per heavy atom. The third-order valence-corrected chi connectivity index (χ3v) is 2.32. The van der Waals surface area contributed by atoms with Crippen molar-refractivity contribution in [3.05, 3.63) is 28.3 Å². The van der Waals surface area contributed by atoms with Gasteiger partial charge in [-0.25, -0.2) is 0 Å². The van der Waals surface area contributed by atoms with Crippen molar-refractivity contribution in [1.29, 1.82) is 0 Å². The summed E-state index contributed by atoms with van der Waals surface area (Å²) >= 11 is 5.91. The zero-order valence-electron chi connectivity index (χ0n) is 8.00. The summed E-state index contributed by atoms with van der Waals surface area (Å²) in [5.41, 5.74) is 1.47. The molecule has 0 aliphatic heterocycles. The summed E-state index contributed by atoms with van der Waals surface area (Å²) < 4.78 is 5.07. The predicted molar refractivity (Wildman–Crippen MR) is 54.1 cm³/mol. The number of methoxy groups -OCH3 is 1. The number of hydrogen-bond donors (Lipinski definition) is 1. The number of rotatable bonds is 3. The van der Waals surface area contributed by atoms with Crippen LogP contribution >= 0.6 is 11.6 Å². The fourth-order valence-electron chi connectivity index (χ4n) is 1.20. The van der Waals surface area contributed by atoms with E-state index >= 15 is 0 Å². The van der Waals surface area contributed by atoms with Crippen LogP contribution in [0.4, 0.5) is 0 Å². The van der Waals surface area contributed by atoms with Crippen molar-refractivity contribution in [1.82, 2.24) is 0 Å². The second kappa shape index (κ2) is 4.33. The number of carbonyl (C=O) groups is 1. The highest BCUT2D eigenvalue weighted by atomic mass is 35.5. The number of carboxylic acid groups (broad SMARTS) is 1. The molecule has 1 N–H and O–H groups in total. The Kier molecular flexibility index (Phi) is 3.36. The van der Waals surface area contributed by atoms with Gasteiger partial charge in [-0.15, -0.1) is 0 Å². The van der Waals surface area contributed by atoms with E-state index < -0.39 is 5.97 Å². The summed E-state index contributed by atoms with van der Waals surface area (Å²) in [5.74, 6) is -0.263. The first-order chi connectivity index (χ1) is 6.54. The van der Waals surface area contributed by atoms with Gasteiger partial charge in [0, 0.05) is 10.6 Å². The van der Waals surface area contributed by atoms with Gasteiger partial charge in [-0.3, -0.25) is 4.79 Å². The van der Waals surface area contributed by atoms with Crippen LogP contribution in [0.5, 0.6) is 5.75 Å². The highest BCUT2D eigenvalue weighted by molar-refractivity contribution is 6.31. The molecule has 0 bridgehead atoms. The standard InChI is InChI=1S/C10H11ClO3/c1-6-8(11)3-7(5-10(12)13)4-9(6)14-2/h3-4H,5H2,1-2H3,(H,12,13). The average molecular weight is 215 g/mol. The zero-order chi connectivity index (χ0) is 10.7. The van der Waals surface area contributed by atoms with Crippen molar-refractivity contribution in [2.24, 2.45) is 0 Å². The van der Waals surface area contributed by atoms with E-state index in [-0.39, 0.29) is 6.42 Å². The molecule has 3 nitrogen and oxygen atoms in total. The maximum atomic E-state index is 10.5. The fraction of sp³-hybridized carbons (Fsp3) is 0.300. The minimum Gasteiger partial charge on any atom is -0.496 e. The van der Waals surface area contributed by atoms with Crippen LogP contribution in [0.15, 0.2) is 12.1 Å². The van der Waals surface area contributed by atoms with Crippen LogP contribution in [-0.4, -0.2) is 18.2 Å². The van der Waals surface area contributed by atoms with Gasteiger partial charge >= 0.3 is 5.97 Å². The lowest BCUT2D eigenvalue weighted by molar-refractivity contribution is -0.136. The minimum absolute atomic E-state index is 0.0453. The Bertz CT molecular complexity index is 361. The van der Waals surface area contributed by atoms with Crippen LogP contribution in [0.1, 0.15) is 11.1 Å². The molecule has 0 aliphatic carbocycles. The van der Waals surface area contributed by atoms with Crippen LogP contribution in [0.25, 0.3) is 0 Å². The second-order valence-corrected chi connectivity index (χ2v) is 3.38. The maximum absolute atomic E-state index is 10.5. The third-order valence-electron chi connectivity index (χ3n) is 1.93. The monoisotopic (exact) mass is 214 g/mol. The fourth-order valence-corrected chi connectivity index (χ4v) is 1.43. The summed E-state index contributed by atoms with van der Waals surface area (Å²) in [6, 6.07) is 3.34. The Hall–Kier alpha value is -1.22. The van der Waals surface area contributed by atoms with E-state index in [0.29, 0.717) is 16.3 Å². The molecule has 1 aromatic carbocycles. The SMILES string of the molecule is COc1cc(CC(=O)O)cc(Cl)c1C. The summed E-state index contributed by atoms with van der Waals surface area (Å²) in [6.45, 7) is 1.83. The minimum atomic E-state index is -0.882. The smallest absolute Gasteiger partial charge is 0.307 e. The normalized spacial score (nSPS) is 9.93.